The van der Waals surface area contributed by atoms with Gasteiger partial charge in [0.1, 0.15) is 28.6 Å². The molecule has 2 atom stereocenters. The minimum atomic E-state index is -1.04. The molecule has 0 heterocycles. The zero-order valence-corrected chi connectivity index (χ0v) is 23.2. The molecule has 0 bridgehead atoms. The average Bonchev–Trinajstić information content (AvgIpc) is 2.98. The van der Waals surface area contributed by atoms with Gasteiger partial charge in [-0.1, -0.05) is 54.6 Å². The number of aromatic carboxylic acids is 1. The summed E-state index contributed by atoms with van der Waals surface area (Å²) in [5.41, 5.74) is 4.08. The molecule has 4 aromatic rings. The average molecular weight is 541 g/mol. The van der Waals surface area contributed by atoms with Gasteiger partial charge in [-0.15, -0.1) is 0 Å². The lowest BCUT2D eigenvalue weighted by Crippen LogP contribution is -2.16. The van der Waals surface area contributed by atoms with Crippen molar-refractivity contribution in [3.05, 3.63) is 119 Å². The van der Waals surface area contributed by atoms with Crippen molar-refractivity contribution >= 4 is 5.97 Å². The molecule has 0 saturated carbocycles. The fourth-order valence-electron chi connectivity index (χ4n) is 4.99. The fraction of sp³-hybridized carbons (Fsp3) is 0.265. The van der Waals surface area contributed by atoms with E-state index in [1.165, 1.54) is 11.6 Å². The monoisotopic (exact) mass is 540 g/mol. The van der Waals surface area contributed by atoms with Crippen LogP contribution in [0.1, 0.15) is 51.6 Å². The number of para-hydroxylation sites is 1. The Hall–Kier alpha value is -4.29. The van der Waals surface area contributed by atoms with E-state index in [4.69, 9.17) is 14.2 Å². The molecule has 0 spiro atoms. The van der Waals surface area contributed by atoms with Gasteiger partial charge >= 0.3 is 5.97 Å². The van der Waals surface area contributed by atoms with E-state index < -0.39 is 12.1 Å². The molecular formula is C34H36O6. The Kier molecular flexibility index (Phi) is 9.81. The van der Waals surface area contributed by atoms with Crippen LogP contribution in [0.25, 0.3) is 0 Å². The van der Waals surface area contributed by atoms with Crippen LogP contribution < -0.4 is 14.2 Å². The molecule has 6 heteroatoms. The van der Waals surface area contributed by atoms with Crippen LogP contribution in [0.3, 0.4) is 0 Å². The molecule has 2 N–H and O–H groups in total. The van der Waals surface area contributed by atoms with Crippen molar-refractivity contribution in [1.29, 1.82) is 0 Å². The predicted molar refractivity (Wildman–Crippen MR) is 156 cm³/mol. The molecule has 0 aromatic heterocycles. The summed E-state index contributed by atoms with van der Waals surface area (Å²) in [5.74, 6) is 1.11. The third kappa shape index (κ3) is 7.21. The van der Waals surface area contributed by atoms with Crippen LogP contribution in [-0.4, -0.2) is 30.4 Å². The molecule has 4 rings (SSSR count). The van der Waals surface area contributed by atoms with Gasteiger partial charge < -0.3 is 24.4 Å². The van der Waals surface area contributed by atoms with Crippen LogP contribution in [0.4, 0.5) is 0 Å². The first-order chi connectivity index (χ1) is 19.4. The Morgan fingerprint density at radius 3 is 2.05 bits per heavy atom. The van der Waals surface area contributed by atoms with E-state index in [0.29, 0.717) is 29.4 Å². The van der Waals surface area contributed by atoms with Crippen LogP contribution >= 0.6 is 0 Å². The summed E-state index contributed by atoms with van der Waals surface area (Å²) in [4.78, 5) is 11.5. The highest BCUT2D eigenvalue weighted by Gasteiger charge is 2.24. The maximum atomic E-state index is 11.6. The number of hydrogen-bond donors (Lipinski definition) is 2. The Labute approximate surface area is 235 Å². The summed E-state index contributed by atoms with van der Waals surface area (Å²) in [6, 6.07) is 28.3. The highest BCUT2D eigenvalue weighted by molar-refractivity contribution is 5.90. The minimum absolute atomic E-state index is 0.0552. The first kappa shape index (κ1) is 28.7. The van der Waals surface area contributed by atoms with E-state index in [1.54, 1.807) is 32.4 Å². The smallest absolute Gasteiger partial charge is 0.339 e. The number of carbonyl (C=O) groups is 1. The molecule has 0 aliphatic carbocycles. The summed E-state index contributed by atoms with van der Waals surface area (Å²) >= 11 is 0. The van der Waals surface area contributed by atoms with Gasteiger partial charge in [0, 0.05) is 5.56 Å². The van der Waals surface area contributed by atoms with Crippen molar-refractivity contribution in [3.8, 4) is 23.0 Å². The number of aryl methyl sites for hydroxylation is 1. The first-order valence-electron chi connectivity index (χ1n) is 13.4. The van der Waals surface area contributed by atoms with Crippen molar-refractivity contribution in [2.75, 3.05) is 14.2 Å². The van der Waals surface area contributed by atoms with Gasteiger partial charge in [-0.05, 0) is 91.6 Å². The summed E-state index contributed by atoms with van der Waals surface area (Å²) in [7, 11) is 3.24. The Morgan fingerprint density at radius 1 is 0.800 bits per heavy atom. The largest absolute Gasteiger partial charge is 0.496 e. The molecule has 0 aliphatic heterocycles. The summed E-state index contributed by atoms with van der Waals surface area (Å²) in [5, 5.41) is 21.0. The van der Waals surface area contributed by atoms with Crippen LogP contribution in [0.15, 0.2) is 91.0 Å². The highest BCUT2D eigenvalue weighted by Crippen LogP contribution is 2.37. The van der Waals surface area contributed by atoms with Gasteiger partial charge in [-0.25, -0.2) is 4.79 Å². The van der Waals surface area contributed by atoms with Crippen LogP contribution in [0.5, 0.6) is 23.0 Å². The lowest BCUT2D eigenvalue weighted by atomic mass is 9.85. The van der Waals surface area contributed by atoms with E-state index in [1.807, 2.05) is 61.5 Å². The number of rotatable bonds is 13. The molecule has 208 valence electrons. The SMILES string of the molecule is COc1cc(C(O)C(CCCc2ccccc2)Cc2ccc(Oc3ccccc3C(=O)O)cc2)cc(OC)c1C. The van der Waals surface area contributed by atoms with Gasteiger partial charge in [-0.2, -0.15) is 0 Å². The zero-order valence-electron chi connectivity index (χ0n) is 23.2. The number of ether oxygens (including phenoxy) is 3. The fourth-order valence-corrected chi connectivity index (χ4v) is 4.99. The van der Waals surface area contributed by atoms with E-state index in [-0.39, 0.29) is 11.5 Å². The number of benzene rings is 4. The summed E-state index contributed by atoms with van der Waals surface area (Å²) in [6.07, 6.45) is 2.61. The molecule has 0 saturated heterocycles. The van der Waals surface area contributed by atoms with Crippen molar-refractivity contribution in [1.82, 2.24) is 0 Å². The maximum absolute atomic E-state index is 11.6. The number of methoxy groups -OCH3 is 2. The lowest BCUT2D eigenvalue weighted by molar-refractivity contribution is 0.0694. The molecule has 0 fully saturated rings. The molecule has 2 unspecified atom stereocenters. The van der Waals surface area contributed by atoms with Gasteiger partial charge in [0.25, 0.3) is 0 Å². The van der Waals surface area contributed by atoms with Gasteiger partial charge in [-0.3, -0.25) is 0 Å². The van der Waals surface area contributed by atoms with Crippen LogP contribution in [0.2, 0.25) is 0 Å². The number of carboxylic acid groups (broad SMARTS) is 1. The summed E-state index contributed by atoms with van der Waals surface area (Å²) in [6.45, 7) is 1.93. The molecule has 6 nitrogen and oxygen atoms in total. The lowest BCUT2D eigenvalue weighted by Gasteiger charge is -2.25. The van der Waals surface area contributed by atoms with Crippen LogP contribution in [0, 0.1) is 12.8 Å². The van der Waals surface area contributed by atoms with E-state index in [0.717, 1.165) is 36.0 Å². The molecule has 4 aromatic carbocycles. The number of carboxylic acids is 1. The topological polar surface area (TPSA) is 85.2 Å². The van der Waals surface area contributed by atoms with Gasteiger partial charge in [0.2, 0.25) is 0 Å². The van der Waals surface area contributed by atoms with Crippen molar-refractivity contribution in [2.45, 2.75) is 38.7 Å². The molecule has 40 heavy (non-hydrogen) atoms. The second-order valence-electron chi connectivity index (χ2n) is 9.88. The van der Waals surface area contributed by atoms with Gasteiger partial charge in [0.15, 0.2) is 0 Å². The number of aliphatic hydroxyl groups is 1. The highest BCUT2D eigenvalue weighted by atomic mass is 16.5. The first-order valence-corrected chi connectivity index (χ1v) is 13.4. The number of hydrogen-bond acceptors (Lipinski definition) is 5. The van der Waals surface area contributed by atoms with Gasteiger partial charge in [0.05, 0.1) is 20.3 Å². The van der Waals surface area contributed by atoms with E-state index >= 15 is 0 Å². The maximum Gasteiger partial charge on any atom is 0.339 e. The van der Waals surface area contributed by atoms with Crippen molar-refractivity contribution in [3.63, 3.8) is 0 Å². The molecular weight excluding hydrogens is 504 g/mol. The normalized spacial score (nSPS) is 12.4. The second-order valence-corrected chi connectivity index (χ2v) is 9.88. The second kappa shape index (κ2) is 13.7. The number of aliphatic hydroxyl groups excluding tert-OH is 1. The Bertz CT molecular complexity index is 1370. The predicted octanol–water partition coefficient (Wildman–Crippen LogP) is 7.42. The van der Waals surface area contributed by atoms with Crippen molar-refractivity contribution < 1.29 is 29.2 Å². The van der Waals surface area contributed by atoms with E-state index in [2.05, 4.69) is 12.1 Å². The van der Waals surface area contributed by atoms with Crippen LogP contribution in [-0.2, 0) is 12.8 Å². The molecule has 0 amide bonds. The third-order valence-corrected chi connectivity index (χ3v) is 7.21. The minimum Gasteiger partial charge on any atom is -0.496 e. The summed E-state index contributed by atoms with van der Waals surface area (Å²) < 4.78 is 17.0. The standard InChI is InChI=1S/C34H36O6/c1-23-31(38-2)21-27(22-32(23)39-3)33(35)26(13-9-12-24-10-5-4-6-11-24)20-25-16-18-28(19-17-25)40-30-15-8-7-14-29(30)34(36)37/h4-8,10-11,14-19,21-22,26,33,35H,9,12-13,20H2,1-3H3,(H,36,37). The Morgan fingerprint density at radius 2 is 1.43 bits per heavy atom. The van der Waals surface area contributed by atoms with E-state index in [9.17, 15) is 15.0 Å². The van der Waals surface area contributed by atoms with Crippen molar-refractivity contribution in [2.24, 2.45) is 5.92 Å². The molecule has 0 aliphatic rings. The third-order valence-electron chi connectivity index (χ3n) is 7.21. The quantitative estimate of drug-likeness (QED) is 0.184. The zero-order chi connectivity index (χ0) is 28.5. The Balaban J connectivity index is 1.54. The molecule has 0 radical (unpaired) electrons.